The Balaban J connectivity index is 2.28. The van der Waals surface area contributed by atoms with E-state index in [1.54, 1.807) is 6.26 Å². The highest BCUT2D eigenvalue weighted by Crippen LogP contribution is 2.18. The van der Waals surface area contributed by atoms with Gasteiger partial charge in [0.25, 0.3) is 0 Å². The molecule has 0 spiro atoms. The van der Waals surface area contributed by atoms with Crippen LogP contribution in [0.25, 0.3) is 0 Å². The average Bonchev–Trinajstić information content (AvgIpc) is 2.52. The molecule has 0 amide bonds. The van der Waals surface area contributed by atoms with Gasteiger partial charge in [-0.1, -0.05) is 12.2 Å². The van der Waals surface area contributed by atoms with E-state index in [-0.39, 0.29) is 0 Å². The second-order valence-corrected chi connectivity index (χ2v) is 4.23. The minimum Gasteiger partial charge on any atom is -0.468 e. The van der Waals surface area contributed by atoms with Crippen molar-refractivity contribution >= 4 is 24.4 Å². The monoisotopic (exact) mass is 214 g/mol. The topological polar surface area (TPSA) is 13.1 Å². The van der Waals surface area contributed by atoms with Crippen molar-refractivity contribution in [3.63, 3.8) is 0 Å². The van der Waals surface area contributed by atoms with E-state index in [2.05, 4.69) is 26.1 Å². The third-order valence-electron chi connectivity index (χ3n) is 1.73. The lowest BCUT2D eigenvalue weighted by Crippen LogP contribution is -1.88. The van der Waals surface area contributed by atoms with Crippen molar-refractivity contribution in [1.29, 1.82) is 0 Å². The largest absolute Gasteiger partial charge is 0.468 e. The number of hydrogen-bond acceptors (Lipinski definition) is 3. The van der Waals surface area contributed by atoms with Crippen molar-refractivity contribution in [2.75, 3.05) is 11.5 Å². The minimum atomic E-state index is 0.768. The first kappa shape index (κ1) is 10.8. The maximum atomic E-state index is 5.31. The van der Waals surface area contributed by atoms with E-state index in [9.17, 15) is 0 Å². The van der Waals surface area contributed by atoms with Crippen molar-refractivity contribution in [3.8, 4) is 0 Å². The van der Waals surface area contributed by atoms with Crippen LogP contribution in [0.4, 0.5) is 0 Å². The van der Waals surface area contributed by atoms with Crippen LogP contribution in [-0.4, -0.2) is 11.5 Å². The fourth-order valence-corrected chi connectivity index (χ4v) is 2.12. The molecule has 1 heterocycles. The number of furan rings is 1. The van der Waals surface area contributed by atoms with Crippen LogP contribution in [0.2, 0.25) is 0 Å². The number of aryl methyl sites for hydroxylation is 1. The molecule has 3 heteroatoms. The molecule has 0 atom stereocenters. The molecular weight excluding hydrogens is 200 g/mol. The second-order valence-electron chi connectivity index (χ2n) is 2.93. The molecule has 1 nitrogen and oxygen atoms in total. The average molecular weight is 214 g/mol. The summed E-state index contributed by atoms with van der Waals surface area (Å²) in [6.45, 7) is 5.95. The number of rotatable bonds is 5. The molecule has 0 saturated heterocycles. The molecule has 1 aromatic rings. The molecule has 0 radical (unpaired) electrons. The van der Waals surface area contributed by atoms with Gasteiger partial charge in [-0.25, -0.2) is 0 Å². The molecule has 13 heavy (non-hydrogen) atoms. The van der Waals surface area contributed by atoms with E-state index < -0.39 is 0 Å². The SMILES string of the molecule is C=C(CS)CSCc1occc1C. The van der Waals surface area contributed by atoms with Gasteiger partial charge >= 0.3 is 0 Å². The van der Waals surface area contributed by atoms with Gasteiger partial charge < -0.3 is 4.42 Å². The minimum absolute atomic E-state index is 0.768. The van der Waals surface area contributed by atoms with Crippen molar-refractivity contribution in [2.45, 2.75) is 12.7 Å². The summed E-state index contributed by atoms with van der Waals surface area (Å²) in [6, 6.07) is 1.99. The van der Waals surface area contributed by atoms with E-state index in [4.69, 9.17) is 4.42 Å². The van der Waals surface area contributed by atoms with E-state index in [1.165, 1.54) is 5.56 Å². The quantitative estimate of drug-likeness (QED) is 0.596. The molecule has 0 saturated carbocycles. The summed E-state index contributed by atoms with van der Waals surface area (Å²) in [5, 5.41) is 0. The van der Waals surface area contributed by atoms with Crippen LogP contribution < -0.4 is 0 Å². The summed E-state index contributed by atoms with van der Waals surface area (Å²) >= 11 is 5.96. The van der Waals surface area contributed by atoms with Crippen LogP contribution >= 0.6 is 24.4 Å². The Morgan fingerprint density at radius 2 is 2.46 bits per heavy atom. The summed E-state index contributed by atoms with van der Waals surface area (Å²) in [5.41, 5.74) is 2.39. The maximum absolute atomic E-state index is 5.31. The van der Waals surface area contributed by atoms with Gasteiger partial charge in [0.1, 0.15) is 5.76 Å². The van der Waals surface area contributed by atoms with Gasteiger partial charge in [0, 0.05) is 11.5 Å². The Kier molecular flexibility index (Phi) is 4.53. The lowest BCUT2D eigenvalue weighted by atomic mass is 10.3. The molecule has 0 aliphatic rings. The third-order valence-corrected chi connectivity index (χ3v) is 3.26. The first-order valence-corrected chi connectivity index (χ1v) is 5.91. The molecular formula is C10H14OS2. The lowest BCUT2D eigenvalue weighted by molar-refractivity contribution is 0.528. The van der Waals surface area contributed by atoms with Crippen molar-refractivity contribution in [1.82, 2.24) is 0 Å². The molecule has 0 N–H and O–H groups in total. The van der Waals surface area contributed by atoms with Crippen molar-refractivity contribution < 1.29 is 4.42 Å². The summed E-state index contributed by atoms with van der Waals surface area (Å²) in [6.07, 6.45) is 1.73. The first-order chi connectivity index (χ1) is 6.24. The van der Waals surface area contributed by atoms with Gasteiger partial charge in [-0.2, -0.15) is 12.6 Å². The zero-order chi connectivity index (χ0) is 9.68. The summed E-state index contributed by atoms with van der Waals surface area (Å²) in [7, 11) is 0. The second kappa shape index (κ2) is 5.45. The van der Waals surface area contributed by atoms with Crippen LogP contribution in [0.15, 0.2) is 28.9 Å². The van der Waals surface area contributed by atoms with Crippen molar-refractivity contribution in [2.24, 2.45) is 0 Å². The van der Waals surface area contributed by atoms with Crippen LogP contribution in [0.5, 0.6) is 0 Å². The third kappa shape index (κ3) is 3.53. The number of hydrogen-bond donors (Lipinski definition) is 1. The molecule has 0 aliphatic heterocycles. The van der Waals surface area contributed by atoms with Crippen LogP contribution in [-0.2, 0) is 5.75 Å². The zero-order valence-corrected chi connectivity index (χ0v) is 9.46. The smallest absolute Gasteiger partial charge is 0.116 e. The Morgan fingerprint density at radius 3 is 3.00 bits per heavy atom. The highest BCUT2D eigenvalue weighted by atomic mass is 32.2. The van der Waals surface area contributed by atoms with Gasteiger partial charge in [-0.3, -0.25) is 0 Å². The first-order valence-electron chi connectivity index (χ1n) is 4.12. The summed E-state index contributed by atoms with van der Waals surface area (Å²) in [4.78, 5) is 0. The fourth-order valence-electron chi connectivity index (χ4n) is 0.886. The van der Waals surface area contributed by atoms with Crippen LogP contribution in [0.1, 0.15) is 11.3 Å². The molecule has 1 aromatic heterocycles. The lowest BCUT2D eigenvalue weighted by Gasteiger charge is -2.00. The van der Waals surface area contributed by atoms with Crippen LogP contribution in [0.3, 0.4) is 0 Å². The molecule has 1 rings (SSSR count). The summed E-state index contributed by atoms with van der Waals surface area (Å²) < 4.78 is 5.31. The van der Waals surface area contributed by atoms with Gasteiger partial charge in [-0.15, -0.1) is 11.8 Å². The predicted molar refractivity (Wildman–Crippen MR) is 62.6 cm³/mol. The summed E-state index contributed by atoms with van der Waals surface area (Å²) in [5.74, 6) is 3.72. The Labute approximate surface area is 89.0 Å². The zero-order valence-electron chi connectivity index (χ0n) is 7.75. The van der Waals surface area contributed by atoms with Crippen molar-refractivity contribution in [3.05, 3.63) is 35.8 Å². The highest BCUT2D eigenvalue weighted by Gasteiger charge is 2.01. The maximum Gasteiger partial charge on any atom is 0.116 e. The molecule has 0 aliphatic carbocycles. The van der Waals surface area contributed by atoms with E-state index in [1.807, 2.05) is 17.8 Å². The standard InChI is InChI=1S/C10H14OS2/c1-8(5-12)6-13-7-10-9(2)3-4-11-10/h3-4,12H,1,5-7H2,2H3. The highest BCUT2D eigenvalue weighted by molar-refractivity contribution is 7.98. The van der Waals surface area contributed by atoms with Crippen LogP contribution in [0, 0.1) is 6.92 Å². The number of thiol groups is 1. The normalized spacial score (nSPS) is 10.3. The van der Waals surface area contributed by atoms with E-state index >= 15 is 0 Å². The Bertz CT molecular complexity index is 278. The van der Waals surface area contributed by atoms with Gasteiger partial charge in [0.15, 0.2) is 0 Å². The van der Waals surface area contributed by atoms with Gasteiger partial charge in [0.05, 0.1) is 12.0 Å². The van der Waals surface area contributed by atoms with E-state index in [0.29, 0.717) is 0 Å². The number of thioether (sulfide) groups is 1. The molecule has 0 aromatic carbocycles. The van der Waals surface area contributed by atoms with E-state index in [0.717, 1.165) is 28.6 Å². The Hall–Kier alpha value is -0.280. The molecule has 72 valence electrons. The molecule has 0 fully saturated rings. The fraction of sp³-hybridized carbons (Fsp3) is 0.400. The van der Waals surface area contributed by atoms with Gasteiger partial charge in [0.2, 0.25) is 0 Å². The van der Waals surface area contributed by atoms with Gasteiger partial charge in [-0.05, 0) is 18.6 Å². The molecule has 0 bridgehead atoms. The Morgan fingerprint density at radius 1 is 1.69 bits per heavy atom. The molecule has 0 unspecified atom stereocenters. The predicted octanol–water partition coefficient (Wildman–Crippen LogP) is 3.31.